The van der Waals surface area contributed by atoms with Crippen LogP contribution in [0.1, 0.15) is 30.5 Å². The molecule has 2 aromatic rings. The molecule has 0 fully saturated rings. The van der Waals surface area contributed by atoms with E-state index in [1.807, 2.05) is 18.2 Å². The maximum absolute atomic E-state index is 12.8. The van der Waals surface area contributed by atoms with Gasteiger partial charge in [0, 0.05) is 11.8 Å². The largest absolute Gasteiger partial charge is 0.322 e. The molecule has 3 heteroatoms. The van der Waals surface area contributed by atoms with Crippen LogP contribution < -0.4 is 5.32 Å². The smallest absolute Gasteiger partial charge is 0.248 e. The van der Waals surface area contributed by atoms with Gasteiger partial charge in [-0.15, -0.1) is 0 Å². The predicted molar refractivity (Wildman–Crippen MR) is 89.3 cm³/mol. The molecule has 0 radical (unpaired) electrons. The zero-order valence-electron chi connectivity index (χ0n) is 12.9. The summed E-state index contributed by atoms with van der Waals surface area (Å²) in [4.78, 5) is 12.1. The predicted octanol–water partition coefficient (Wildman–Crippen LogP) is 4.60. The molecule has 0 aliphatic carbocycles. The lowest BCUT2D eigenvalue weighted by atomic mass is 10.0. The van der Waals surface area contributed by atoms with Gasteiger partial charge in [-0.25, -0.2) is 4.39 Å². The van der Waals surface area contributed by atoms with E-state index in [-0.39, 0.29) is 11.7 Å². The molecule has 0 saturated carbocycles. The molecule has 1 N–H and O–H groups in total. The Morgan fingerprint density at radius 2 is 1.64 bits per heavy atom. The first-order valence-electron chi connectivity index (χ1n) is 7.49. The molecule has 0 spiro atoms. The lowest BCUT2D eigenvalue weighted by Gasteiger charge is -2.13. The number of carbonyl (C=O) groups is 1. The standard InChI is InChI=1S/C19H20FNO/c1-3-15-6-5-7-16(4-2)19(15)21-18(22)13-10-14-8-11-17(20)12-9-14/h5-13H,3-4H2,1-2H3,(H,21,22). The van der Waals surface area contributed by atoms with E-state index < -0.39 is 0 Å². The first kappa shape index (κ1) is 16.0. The number of carbonyl (C=O) groups excluding carboxylic acids is 1. The number of benzene rings is 2. The quantitative estimate of drug-likeness (QED) is 0.803. The number of amides is 1. The van der Waals surface area contributed by atoms with Crippen molar-refractivity contribution in [2.75, 3.05) is 5.32 Å². The molecule has 2 rings (SSSR count). The number of para-hydroxylation sites is 1. The lowest BCUT2D eigenvalue weighted by molar-refractivity contribution is -0.111. The van der Waals surface area contributed by atoms with Crippen LogP contribution in [0.25, 0.3) is 6.08 Å². The van der Waals surface area contributed by atoms with Crippen LogP contribution in [0.3, 0.4) is 0 Å². The van der Waals surface area contributed by atoms with E-state index in [1.54, 1.807) is 18.2 Å². The van der Waals surface area contributed by atoms with E-state index in [0.29, 0.717) is 0 Å². The summed E-state index contributed by atoms with van der Waals surface area (Å²) in [6.07, 6.45) is 4.88. The number of hydrogen-bond donors (Lipinski definition) is 1. The summed E-state index contributed by atoms with van der Waals surface area (Å²) in [5.41, 5.74) is 3.95. The van der Waals surface area contributed by atoms with E-state index in [0.717, 1.165) is 35.2 Å². The summed E-state index contributed by atoms with van der Waals surface area (Å²) < 4.78 is 12.8. The summed E-state index contributed by atoms with van der Waals surface area (Å²) >= 11 is 0. The minimum absolute atomic E-state index is 0.181. The topological polar surface area (TPSA) is 29.1 Å². The highest BCUT2D eigenvalue weighted by Gasteiger charge is 2.08. The Bertz CT molecular complexity index is 652. The molecule has 0 aliphatic heterocycles. The molecule has 0 atom stereocenters. The van der Waals surface area contributed by atoms with E-state index in [1.165, 1.54) is 18.2 Å². The number of nitrogens with one attached hydrogen (secondary N) is 1. The molecular weight excluding hydrogens is 277 g/mol. The van der Waals surface area contributed by atoms with Crippen molar-refractivity contribution in [3.8, 4) is 0 Å². The summed E-state index contributed by atoms with van der Waals surface area (Å²) in [7, 11) is 0. The molecule has 0 aromatic heterocycles. The van der Waals surface area contributed by atoms with Crippen molar-refractivity contribution in [2.24, 2.45) is 0 Å². The second kappa shape index (κ2) is 7.55. The van der Waals surface area contributed by atoms with Crippen LogP contribution in [0.15, 0.2) is 48.5 Å². The lowest BCUT2D eigenvalue weighted by Crippen LogP contribution is -2.11. The minimum atomic E-state index is -0.286. The number of anilines is 1. The van der Waals surface area contributed by atoms with Gasteiger partial charge < -0.3 is 5.32 Å². The van der Waals surface area contributed by atoms with Crippen LogP contribution in [0, 0.1) is 5.82 Å². The van der Waals surface area contributed by atoms with E-state index >= 15 is 0 Å². The van der Waals surface area contributed by atoms with Crippen molar-refractivity contribution in [2.45, 2.75) is 26.7 Å². The Morgan fingerprint density at radius 1 is 1.05 bits per heavy atom. The maximum Gasteiger partial charge on any atom is 0.248 e. The van der Waals surface area contributed by atoms with Gasteiger partial charge in [-0.3, -0.25) is 4.79 Å². The molecule has 0 bridgehead atoms. The SMILES string of the molecule is CCc1cccc(CC)c1NC(=O)C=Cc1ccc(F)cc1. The van der Waals surface area contributed by atoms with Gasteiger partial charge in [0.1, 0.15) is 5.82 Å². The van der Waals surface area contributed by atoms with Crippen molar-refractivity contribution < 1.29 is 9.18 Å². The number of rotatable bonds is 5. The maximum atomic E-state index is 12.8. The summed E-state index contributed by atoms with van der Waals surface area (Å²) in [6, 6.07) is 12.1. The Kier molecular flexibility index (Phi) is 5.48. The Hall–Kier alpha value is -2.42. The van der Waals surface area contributed by atoms with Gasteiger partial charge in [-0.1, -0.05) is 44.2 Å². The van der Waals surface area contributed by atoms with Crippen molar-refractivity contribution in [3.63, 3.8) is 0 Å². The van der Waals surface area contributed by atoms with Crippen LogP contribution in [-0.2, 0) is 17.6 Å². The third kappa shape index (κ3) is 4.04. The Balaban J connectivity index is 2.13. The molecule has 0 unspecified atom stereocenters. The monoisotopic (exact) mass is 297 g/mol. The number of halogens is 1. The first-order valence-corrected chi connectivity index (χ1v) is 7.49. The third-order valence-corrected chi connectivity index (χ3v) is 3.54. The fraction of sp³-hybridized carbons (Fsp3) is 0.211. The van der Waals surface area contributed by atoms with Gasteiger partial charge in [-0.05, 0) is 47.7 Å². The first-order chi connectivity index (χ1) is 10.6. The molecule has 2 aromatic carbocycles. The highest BCUT2D eigenvalue weighted by atomic mass is 19.1. The molecule has 1 amide bonds. The second-order valence-electron chi connectivity index (χ2n) is 5.03. The number of hydrogen-bond acceptors (Lipinski definition) is 1. The molecule has 0 heterocycles. The van der Waals surface area contributed by atoms with Crippen LogP contribution in [0.4, 0.5) is 10.1 Å². The summed E-state index contributed by atoms with van der Waals surface area (Å²) in [6.45, 7) is 4.14. The average molecular weight is 297 g/mol. The molecule has 114 valence electrons. The Morgan fingerprint density at radius 3 is 2.18 bits per heavy atom. The van der Waals surface area contributed by atoms with E-state index in [9.17, 15) is 9.18 Å². The van der Waals surface area contributed by atoms with Gasteiger partial charge in [0.15, 0.2) is 0 Å². The van der Waals surface area contributed by atoms with E-state index in [4.69, 9.17) is 0 Å². The van der Waals surface area contributed by atoms with Crippen LogP contribution in [0.5, 0.6) is 0 Å². The molecule has 22 heavy (non-hydrogen) atoms. The highest BCUT2D eigenvalue weighted by Crippen LogP contribution is 2.22. The molecule has 0 saturated heterocycles. The summed E-state index contributed by atoms with van der Waals surface area (Å²) in [5.74, 6) is -0.467. The number of aryl methyl sites for hydroxylation is 2. The summed E-state index contributed by atoms with van der Waals surface area (Å²) in [5, 5.41) is 2.96. The van der Waals surface area contributed by atoms with Crippen molar-refractivity contribution >= 4 is 17.7 Å². The molecular formula is C19H20FNO. The van der Waals surface area contributed by atoms with Gasteiger partial charge in [-0.2, -0.15) is 0 Å². The highest BCUT2D eigenvalue weighted by molar-refractivity contribution is 6.02. The van der Waals surface area contributed by atoms with Crippen molar-refractivity contribution in [3.05, 3.63) is 71.0 Å². The van der Waals surface area contributed by atoms with Gasteiger partial charge in [0.2, 0.25) is 5.91 Å². The zero-order chi connectivity index (χ0) is 15.9. The molecule has 2 nitrogen and oxygen atoms in total. The van der Waals surface area contributed by atoms with Crippen LogP contribution >= 0.6 is 0 Å². The van der Waals surface area contributed by atoms with Crippen molar-refractivity contribution in [1.29, 1.82) is 0 Å². The minimum Gasteiger partial charge on any atom is -0.322 e. The Labute approximate surface area is 130 Å². The van der Waals surface area contributed by atoms with Crippen molar-refractivity contribution in [1.82, 2.24) is 0 Å². The zero-order valence-corrected chi connectivity index (χ0v) is 12.9. The van der Waals surface area contributed by atoms with E-state index in [2.05, 4.69) is 19.2 Å². The van der Waals surface area contributed by atoms with Crippen LogP contribution in [-0.4, -0.2) is 5.91 Å². The molecule has 0 aliphatic rings. The van der Waals surface area contributed by atoms with Gasteiger partial charge in [0.25, 0.3) is 0 Å². The fourth-order valence-corrected chi connectivity index (χ4v) is 2.31. The second-order valence-corrected chi connectivity index (χ2v) is 5.03. The van der Waals surface area contributed by atoms with Crippen LogP contribution in [0.2, 0.25) is 0 Å². The average Bonchev–Trinajstić information content (AvgIpc) is 2.54. The fourth-order valence-electron chi connectivity index (χ4n) is 2.31. The third-order valence-electron chi connectivity index (χ3n) is 3.54. The normalized spacial score (nSPS) is 10.9. The van der Waals surface area contributed by atoms with Gasteiger partial charge >= 0.3 is 0 Å². The van der Waals surface area contributed by atoms with Gasteiger partial charge in [0.05, 0.1) is 0 Å².